The number of amides is 1. The van der Waals surface area contributed by atoms with Gasteiger partial charge in [0.2, 0.25) is 5.91 Å². The first-order valence-electron chi connectivity index (χ1n) is 7.25. The van der Waals surface area contributed by atoms with Crippen molar-refractivity contribution in [3.05, 3.63) is 23.8 Å². The van der Waals surface area contributed by atoms with Gasteiger partial charge in [-0.15, -0.1) is 0 Å². The van der Waals surface area contributed by atoms with Gasteiger partial charge in [-0.3, -0.25) is 4.79 Å². The average molecular weight is 259 g/mol. The number of rotatable bonds is 1. The maximum atomic E-state index is 12.9. The van der Waals surface area contributed by atoms with Crippen molar-refractivity contribution >= 4 is 11.6 Å². The lowest BCUT2D eigenvalue weighted by Crippen LogP contribution is -2.43. The zero-order valence-corrected chi connectivity index (χ0v) is 11.5. The Morgan fingerprint density at radius 3 is 2.74 bits per heavy atom. The van der Waals surface area contributed by atoms with Gasteiger partial charge in [0.1, 0.15) is 5.75 Å². The molecular weight excluding hydrogens is 238 g/mol. The van der Waals surface area contributed by atoms with Gasteiger partial charge >= 0.3 is 0 Å². The van der Waals surface area contributed by atoms with Crippen LogP contribution in [0.5, 0.6) is 5.75 Å². The lowest BCUT2D eigenvalue weighted by molar-refractivity contribution is -0.127. The maximum absolute atomic E-state index is 12.9. The van der Waals surface area contributed by atoms with E-state index in [0.717, 1.165) is 56.3 Å². The van der Waals surface area contributed by atoms with E-state index in [-0.39, 0.29) is 17.1 Å². The van der Waals surface area contributed by atoms with Gasteiger partial charge in [-0.25, -0.2) is 0 Å². The lowest BCUT2D eigenvalue weighted by atomic mass is 9.86. The zero-order chi connectivity index (χ0) is 13.5. The number of hydrogen-bond acceptors (Lipinski definition) is 2. The molecule has 19 heavy (non-hydrogen) atoms. The summed E-state index contributed by atoms with van der Waals surface area (Å²) < 4.78 is 0. The third-order valence-corrected chi connectivity index (χ3v) is 4.66. The van der Waals surface area contributed by atoms with Crippen LogP contribution in [0.3, 0.4) is 0 Å². The molecule has 1 N–H and O–H groups in total. The number of hydrogen-bond donors (Lipinski definition) is 1. The molecule has 0 unspecified atom stereocenters. The van der Waals surface area contributed by atoms with Gasteiger partial charge < -0.3 is 10.0 Å². The van der Waals surface area contributed by atoms with Gasteiger partial charge in [-0.2, -0.15) is 0 Å². The maximum Gasteiger partial charge on any atom is 0.233 e. The first kappa shape index (κ1) is 12.5. The van der Waals surface area contributed by atoms with Crippen molar-refractivity contribution in [1.82, 2.24) is 0 Å². The van der Waals surface area contributed by atoms with Crippen LogP contribution in [0.25, 0.3) is 0 Å². The van der Waals surface area contributed by atoms with E-state index in [0.29, 0.717) is 0 Å². The second-order valence-corrected chi connectivity index (χ2v) is 6.11. The van der Waals surface area contributed by atoms with Crippen LogP contribution in [0.15, 0.2) is 18.2 Å². The molecule has 1 aromatic rings. The highest BCUT2D eigenvalue weighted by atomic mass is 16.3. The summed E-state index contributed by atoms with van der Waals surface area (Å²) in [6, 6.07) is 5.56. The molecule has 3 nitrogen and oxygen atoms in total. The van der Waals surface area contributed by atoms with Crippen LogP contribution in [-0.2, 0) is 11.2 Å². The first-order chi connectivity index (χ1) is 9.12. The molecule has 1 amide bonds. The Labute approximate surface area is 114 Å². The number of phenolic OH excluding ortho intramolecular Hbond substituents is 1. The van der Waals surface area contributed by atoms with Crippen molar-refractivity contribution in [3.63, 3.8) is 0 Å². The Bertz CT molecular complexity index is 503. The van der Waals surface area contributed by atoms with Gasteiger partial charge in [-0.05, 0) is 37.3 Å². The molecule has 1 fully saturated rings. The predicted molar refractivity (Wildman–Crippen MR) is 75.4 cm³/mol. The number of fused-ring (bicyclic) bond motifs is 1. The van der Waals surface area contributed by atoms with E-state index in [1.807, 2.05) is 17.0 Å². The molecule has 0 saturated heterocycles. The van der Waals surface area contributed by atoms with Crippen LogP contribution in [0.4, 0.5) is 5.69 Å². The summed E-state index contributed by atoms with van der Waals surface area (Å²) in [5, 5.41) is 10.1. The van der Waals surface area contributed by atoms with Crippen LogP contribution in [0, 0.1) is 5.41 Å². The van der Waals surface area contributed by atoms with E-state index in [2.05, 4.69) is 6.92 Å². The van der Waals surface area contributed by atoms with Crippen molar-refractivity contribution in [2.45, 2.75) is 45.4 Å². The Morgan fingerprint density at radius 1 is 1.26 bits per heavy atom. The minimum Gasteiger partial charge on any atom is -0.506 e. The number of carbonyl (C=O) groups is 1. The summed E-state index contributed by atoms with van der Waals surface area (Å²) >= 11 is 0. The van der Waals surface area contributed by atoms with Crippen LogP contribution in [-0.4, -0.2) is 17.6 Å². The SMILES string of the molecule is CC1(C(=O)N2CCCc3cccc(O)c32)CCCC1. The fourth-order valence-corrected chi connectivity index (χ4v) is 3.53. The Hall–Kier alpha value is -1.51. The second kappa shape index (κ2) is 4.55. The van der Waals surface area contributed by atoms with Crippen molar-refractivity contribution < 1.29 is 9.90 Å². The van der Waals surface area contributed by atoms with E-state index in [4.69, 9.17) is 0 Å². The van der Waals surface area contributed by atoms with E-state index < -0.39 is 0 Å². The number of aryl methyl sites for hydroxylation is 1. The standard InChI is InChI=1S/C16H21NO2/c1-16(9-2-3-10-16)15(19)17-11-5-7-12-6-4-8-13(18)14(12)17/h4,6,8,18H,2-3,5,7,9-11H2,1H3. The van der Waals surface area contributed by atoms with Gasteiger partial charge in [0, 0.05) is 12.0 Å². The van der Waals surface area contributed by atoms with E-state index in [1.54, 1.807) is 6.07 Å². The fraction of sp³-hybridized carbons (Fsp3) is 0.562. The molecular formula is C16H21NO2. The molecule has 0 spiro atoms. The Morgan fingerprint density at radius 2 is 2.00 bits per heavy atom. The van der Waals surface area contributed by atoms with Crippen molar-refractivity contribution in [2.75, 3.05) is 11.4 Å². The van der Waals surface area contributed by atoms with Gasteiger partial charge in [0.25, 0.3) is 0 Å². The van der Waals surface area contributed by atoms with E-state index >= 15 is 0 Å². The smallest absolute Gasteiger partial charge is 0.233 e. The predicted octanol–water partition coefficient (Wildman–Crippen LogP) is 3.25. The Kier molecular flexibility index (Phi) is 3.00. The molecule has 0 radical (unpaired) electrons. The molecule has 0 bridgehead atoms. The molecule has 0 atom stereocenters. The zero-order valence-electron chi connectivity index (χ0n) is 11.5. The summed E-state index contributed by atoms with van der Waals surface area (Å²) in [5.41, 5.74) is 1.63. The van der Waals surface area contributed by atoms with E-state index in [9.17, 15) is 9.90 Å². The molecule has 3 rings (SSSR count). The molecule has 0 aromatic heterocycles. The number of carbonyl (C=O) groups excluding carboxylic acids is 1. The van der Waals surface area contributed by atoms with Crippen LogP contribution >= 0.6 is 0 Å². The molecule has 2 aliphatic rings. The topological polar surface area (TPSA) is 40.5 Å². The molecule has 1 aromatic carbocycles. The summed E-state index contributed by atoms with van der Waals surface area (Å²) in [6.07, 6.45) is 6.17. The molecule has 102 valence electrons. The second-order valence-electron chi connectivity index (χ2n) is 6.11. The number of aromatic hydroxyl groups is 1. The first-order valence-corrected chi connectivity index (χ1v) is 7.25. The third kappa shape index (κ3) is 2.01. The summed E-state index contributed by atoms with van der Waals surface area (Å²) in [4.78, 5) is 14.7. The van der Waals surface area contributed by atoms with Crippen molar-refractivity contribution in [2.24, 2.45) is 5.41 Å². The van der Waals surface area contributed by atoms with Crippen LogP contribution in [0.2, 0.25) is 0 Å². The highest BCUT2D eigenvalue weighted by molar-refractivity contribution is 5.99. The van der Waals surface area contributed by atoms with Crippen molar-refractivity contribution in [3.8, 4) is 5.75 Å². The van der Waals surface area contributed by atoms with Crippen molar-refractivity contribution in [1.29, 1.82) is 0 Å². The quantitative estimate of drug-likeness (QED) is 0.841. The molecule has 3 heteroatoms. The lowest BCUT2D eigenvalue weighted by Gasteiger charge is -2.35. The summed E-state index contributed by atoms with van der Waals surface area (Å²) in [6.45, 7) is 2.82. The van der Waals surface area contributed by atoms with Gasteiger partial charge in [0.05, 0.1) is 5.69 Å². The average Bonchev–Trinajstić information content (AvgIpc) is 2.86. The number of phenols is 1. The minimum absolute atomic E-state index is 0.201. The summed E-state index contributed by atoms with van der Waals surface area (Å²) in [5.74, 6) is 0.444. The number of anilines is 1. The largest absolute Gasteiger partial charge is 0.506 e. The van der Waals surface area contributed by atoms with Crippen LogP contribution < -0.4 is 4.90 Å². The van der Waals surface area contributed by atoms with Gasteiger partial charge in [0.15, 0.2) is 0 Å². The van der Waals surface area contributed by atoms with E-state index in [1.165, 1.54) is 0 Å². The molecule has 1 saturated carbocycles. The molecule has 1 aliphatic carbocycles. The van der Waals surface area contributed by atoms with Gasteiger partial charge in [-0.1, -0.05) is 31.9 Å². The normalized spacial score (nSPS) is 21.2. The summed E-state index contributed by atoms with van der Waals surface area (Å²) in [7, 11) is 0. The highest BCUT2D eigenvalue weighted by Gasteiger charge is 2.41. The number of para-hydroxylation sites is 1. The monoisotopic (exact) mass is 259 g/mol. The third-order valence-electron chi connectivity index (χ3n) is 4.66. The fourth-order valence-electron chi connectivity index (χ4n) is 3.53. The number of benzene rings is 1. The highest BCUT2D eigenvalue weighted by Crippen LogP contribution is 2.43. The minimum atomic E-state index is -0.225. The van der Waals surface area contributed by atoms with Crippen LogP contribution in [0.1, 0.15) is 44.6 Å². The number of nitrogens with zero attached hydrogens (tertiary/aromatic N) is 1. The molecule has 1 heterocycles. The molecule has 1 aliphatic heterocycles. The Balaban J connectivity index is 1.97.